The SMILES string of the molecule is C#CCN(CCC)S(=O)(=O)c1ccccc1S(=O)(=O)Cl. The Morgan fingerprint density at radius 2 is 1.75 bits per heavy atom. The van der Waals surface area contributed by atoms with Gasteiger partial charge >= 0.3 is 0 Å². The van der Waals surface area contributed by atoms with Crippen LogP contribution in [0.3, 0.4) is 0 Å². The predicted octanol–water partition coefficient (Wildman–Crippen LogP) is 1.65. The molecule has 0 atom stereocenters. The summed E-state index contributed by atoms with van der Waals surface area (Å²) < 4.78 is 49.0. The summed E-state index contributed by atoms with van der Waals surface area (Å²) in [6, 6.07) is 5.18. The van der Waals surface area contributed by atoms with E-state index >= 15 is 0 Å². The summed E-state index contributed by atoms with van der Waals surface area (Å²) in [4.78, 5) is -0.807. The minimum atomic E-state index is -4.17. The Balaban J connectivity index is 3.47. The first kappa shape index (κ1) is 17.0. The van der Waals surface area contributed by atoms with E-state index in [0.29, 0.717) is 6.42 Å². The first-order valence-corrected chi connectivity index (χ1v) is 9.47. The average molecular weight is 336 g/mol. The summed E-state index contributed by atoms with van der Waals surface area (Å²) in [6.07, 6.45) is 5.71. The van der Waals surface area contributed by atoms with Gasteiger partial charge in [-0.3, -0.25) is 0 Å². The molecule has 0 radical (unpaired) electrons. The van der Waals surface area contributed by atoms with Crippen LogP contribution in [0.4, 0.5) is 0 Å². The maximum Gasteiger partial charge on any atom is 0.262 e. The van der Waals surface area contributed by atoms with Crippen LogP contribution in [-0.2, 0) is 19.1 Å². The Kier molecular flexibility index (Phi) is 5.59. The van der Waals surface area contributed by atoms with Gasteiger partial charge in [0, 0.05) is 17.2 Å². The van der Waals surface area contributed by atoms with Crippen LogP contribution in [0.25, 0.3) is 0 Å². The molecule has 0 unspecified atom stereocenters. The van der Waals surface area contributed by atoms with E-state index in [2.05, 4.69) is 5.92 Å². The number of terminal acetylenes is 1. The highest BCUT2D eigenvalue weighted by molar-refractivity contribution is 8.14. The smallest absolute Gasteiger partial charge is 0.207 e. The molecule has 110 valence electrons. The second-order valence-corrected chi connectivity index (χ2v) is 8.37. The zero-order valence-electron chi connectivity index (χ0n) is 10.8. The highest BCUT2D eigenvalue weighted by Gasteiger charge is 2.29. The first-order valence-electron chi connectivity index (χ1n) is 5.72. The van der Waals surface area contributed by atoms with Gasteiger partial charge in [-0.25, -0.2) is 16.8 Å². The van der Waals surface area contributed by atoms with E-state index in [1.165, 1.54) is 18.2 Å². The van der Waals surface area contributed by atoms with Gasteiger partial charge in [-0.1, -0.05) is 25.0 Å². The van der Waals surface area contributed by atoms with Crippen LogP contribution < -0.4 is 0 Å². The normalized spacial score (nSPS) is 12.3. The molecule has 20 heavy (non-hydrogen) atoms. The van der Waals surface area contributed by atoms with Crippen LogP contribution >= 0.6 is 10.7 Å². The van der Waals surface area contributed by atoms with Crippen molar-refractivity contribution in [3.8, 4) is 12.3 Å². The quantitative estimate of drug-likeness (QED) is 0.585. The molecule has 1 aromatic carbocycles. The van der Waals surface area contributed by atoms with E-state index in [9.17, 15) is 16.8 Å². The monoisotopic (exact) mass is 335 g/mol. The predicted molar refractivity (Wildman–Crippen MR) is 77.4 cm³/mol. The number of halogens is 1. The maximum atomic E-state index is 12.5. The van der Waals surface area contributed by atoms with Crippen molar-refractivity contribution in [1.82, 2.24) is 4.31 Å². The van der Waals surface area contributed by atoms with Gasteiger partial charge in [-0.2, -0.15) is 4.31 Å². The number of rotatable bonds is 6. The third kappa shape index (κ3) is 3.73. The molecule has 0 bridgehead atoms. The molecule has 0 saturated heterocycles. The van der Waals surface area contributed by atoms with Gasteiger partial charge in [0.15, 0.2) is 0 Å². The molecule has 5 nitrogen and oxygen atoms in total. The zero-order valence-corrected chi connectivity index (χ0v) is 13.2. The van der Waals surface area contributed by atoms with E-state index in [-0.39, 0.29) is 18.0 Å². The van der Waals surface area contributed by atoms with Gasteiger partial charge in [0.2, 0.25) is 10.0 Å². The molecule has 0 fully saturated rings. The number of sulfonamides is 1. The van der Waals surface area contributed by atoms with Crippen molar-refractivity contribution in [1.29, 1.82) is 0 Å². The number of hydrogen-bond donors (Lipinski definition) is 0. The van der Waals surface area contributed by atoms with Crippen molar-refractivity contribution in [3.05, 3.63) is 24.3 Å². The highest BCUT2D eigenvalue weighted by Crippen LogP contribution is 2.26. The Hall–Kier alpha value is -1.07. The Morgan fingerprint density at radius 1 is 1.20 bits per heavy atom. The molecular weight excluding hydrogens is 322 g/mol. The zero-order chi connectivity index (χ0) is 15.4. The van der Waals surface area contributed by atoms with Gasteiger partial charge in [-0.05, 0) is 18.6 Å². The maximum absolute atomic E-state index is 12.5. The summed E-state index contributed by atoms with van der Waals surface area (Å²) in [5, 5.41) is 0. The van der Waals surface area contributed by atoms with Crippen molar-refractivity contribution in [2.45, 2.75) is 23.1 Å². The standard InChI is InChI=1S/C12H14ClNO4S2/c1-3-9-14(10-4-2)20(17,18)12-8-6-5-7-11(12)19(13,15)16/h1,5-8H,4,9-10H2,2H3. The van der Waals surface area contributed by atoms with Crippen LogP contribution in [0.5, 0.6) is 0 Å². The van der Waals surface area contributed by atoms with Crippen LogP contribution in [0, 0.1) is 12.3 Å². The van der Waals surface area contributed by atoms with E-state index in [1.807, 2.05) is 0 Å². The third-order valence-corrected chi connectivity index (χ3v) is 5.88. The number of hydrogen-bond acceptors (Lipinski definition) is 4. The number of nitrogens with zero attached hydrogens (tertiary/aromatic N) is 1. The molecule has 1 aromatic rings. The molecular formula is C12H14ClNO4S2. The lowest BCUT2D eigenvalue weighted by atomic mass is 10.4. The van der Waals surface area contributed by atoms with Crippen molar-refractivity contribution in [3.63, 3.8) is 0 Å². The molecule has 0 aliphatic heterocycles. The van der Waals surface area contributed by atoms with E-state index in [0.717, 1.165) is 10.4 Å². The molecule has 0 spiro atoms. The molecule has 0 amide bonds. The molecule has 0 aliphatic carbocycles. The van der Waals surface area contributed by atoms with Crippen LogP contribution in [0.2, 0.25) is 0 Å². The van der Waals surface area contributed by atoms with Gasteiger partial charge < -0.3 is 0 Å². The largest absolute Gasteiger partial charge is 0.262 e. The van der Waals surface area contributed by atoms with Crippen molar-refractivity contribution >= 4 is 29.8 Å². The molecule has 8 heteroatoms. The highest BCUT2D eigenvalue weighted by atomic mass is 35.7. The van der Waals surface area contributed by atoms with Crippen molar-refractivity contribution in [2.24, 2.45) is 0 Å². The summed E-state index contributed by atoms with van der Waals surface area (Å²) in [5.74, 6) is 2.25. The fourth-order valence-electron chi connectivity index (χ4n) is 1.64. The second-order valence-electron chi connectivity index (χ2n) is 3.93. The topological polar surface area (TPSA) is 71.5 Å². The lowest BCUT2D eigenvalue weighted by Crippen LogP contribution is -2.33. The minimum absolute atomic E-state index is 0.132. The lowest BCUT2D eigenvalue weighted by Gasteiger charge is -2.20. The summed E-state index contributed by atoms with van der Waals surface area (Å²) in [7, 11) is -2.90. The van der Waals surface area contributed by atoms with Crippen molar-refractivity contribution in [2.75, 3.05) is 13.1 Å². The van der Waals surface area contributed by atoms with E-state index < -0.39 is 24.0 Å². The summed E-state index contributed by atoms with van der Waals surface area (Å²) in [5.41, 5.74) is 0. The fourth-order valence-corrected chi connectivity index (χ4v) is 4.89. The summed E-state index contributed by atoms with van der Waals surface area (Å²) >= 11 is 0. The van der Waals surface area contributed by atoms with Crippen LogP contribution in [0.15, 0.2) is 34.1 Å². The summed E-state index contributed by atoms with van der Waals surface area (Å²) in [6.45, 7) is 1.86. The lowest BCUT2D eigenvalue weighted by molar-refractivity contribution is 0.444. The van der Waals surface area contributed by atoms with Crippen molar-refractivity contribution < 1.29 is 16.8 Å². The minimum Gasteiger partial charge on any atom is -0.207 e. The Labute approximate surface area is 124 Å². The average Bonchev–Trinajstić information content (AvgIpc) is 2.37. The van der Waals surface area contributed by atoms with Gasteiger partial charge in [0.25, 0.3) is 9.05 Å². The Morgan fingerprint density at radius 3 is 2.20 bits per heavy atom. The molecule has 0 saturated carbocycles. The van der Waals surface area contributed by atoms with Crippen LogP contribution in [-0.4, -0.2) is 34.2 Å². The van der Waals surface area contributed by atoms with Crippen LogP contribution in [0.1, 0.15) is 13.3 Å². The third-order valence-electron chi connectivity index (χ3n) is 2.47. The molecule has 0 N–H and O–H groups in total. The fraction of sp³-hybridized carbons (Fsp3) is 0.333. The molecule has 0 aliphatic rings. The first-order chi connectivity index (χ1) is 9.25. The second kappa shape index (κ2) is 6.59. The van der Waals surface area contributed by atoms with Gasteiger partial charge in [-0.15, -0.1) is 6.42 Å². The molecule has 1 rings (SSSR count). The molecule has 0 aromatic heterocycles. The van der Waals surface area contributed by atoms with Gasteiger partial charge in [0.05, 0.1) is 6.54 Å². The van der Waals surface area contributed by atoms with Gasteiger partial charge in [0.1, 0.15) is 9.79 Å². The number of benzene rings is 1. The molecule has 0 heterocycles. The van der Waals surface area contributed by atoms with E-state index in [4.69, 9.17) is 17.1 Å². The van der Waals surface area contributed by atoms with E-state index in [1.54, 1.807) is 6.92 Å². The Bertz CT molecular complexity index is 720.